The van der Waals surface area contributed by atoms with Gasteiger partial charge in [-0.3, -0.25) is 22.2 Å². The van der Waals surface area contributed by atoms with Gasteiger partial charge in [0, 0.05) is 12.8 Å². The van der Waals surface area contributed by atoms with Gasteiger partial charge in [0.05, 0.1) is 0 Å². The van der Waals surface area contributed by atoms with Gasteiger partial charge in [0.1, 0.15) is 0 Å². The molecular weight excluding hydrogens is 1020 g/mol. The Kier molecular flexibility index (Phi) is 89.8. The van der Waals surface area contributed by atoms with Gasteiger partial charge < -0.3 is 19.8 Å². The van der Waals surface area contributed by atoms with E-state index in [1.54, 1.807) is 0 Å². The summed E-state index contributed by atoms with van der Waals surface area (Å²) in [6.07, 6.45) is 75.3. The van der Waals surface area contributed by atoms with Crippen LogP contribution in [0.3, 0.4) is 0 Å². The van der Waals surface area contributed by atoms with E-state index < -0.39 is 11.9 Å². The van der Waals surface area contributed by atoms with E-state index >= 15 is 0 Å². The number of unbranched alkanes of at least 4 members (excludes halogenated alkanes) is 46. The predicted octanol–water partition coefficient (Wildman–Crippen LogP) is 24.7. The molecule has 0 fully saturated rings. The summed E-state index contributed by atoms with van der Waals surface area (Å²) in [7, 11) is 0. The Labute approximate surface area is 513 Å². The number of hydrogen-bond acceptors (Lipinski definition) is 5. The molecule has 80 heavy (non-hydrogen) atoms. The van der Waals surface area contributed by atoms with Crippen LogP contribution < -0.4 is 0 Å². The van der Waals surface area contributed by atoms with Crippen LogP contribution in [-0.2, 0) is 42.9 Å². The van der Waals surface area contributed by atoms with E-state index in [1.807, 2.05) is 12.6 Å². The quantitative estimate of drug-likeness (QED) is 0.0353. The molecule has 0 saturated heterocycles. The molecule has 0 unspecified atom stereocenters. The average Bonchev–Trinajstić information content (AvgIpc) is 3.42. The van der Waals surface area contributed by atoms with Gasteiger partial charge in [-0.25, -0.2) is 0 Å². The van der Waals surface area contributed by atoms with E-state index in [-0.39, 0.29) is 0 Å². The Balaban J connectivity index is -0.000000309. The molecule has 0 saturated carbocycles. The van der Waals surface area contributed by atoms with Crippen molar-refractivity contribution in [1.29, 1.82) is 0 Å². The van der Waals surface area contributed by atoms with E-state index in [0.29, 0.717) is 25.7 Å². The normalized spacial score (nSPS) is 10.9. The first-order valence-electron chi connectivity index (χ1n) is 35.1. The number of rotatable bonds is 60. The summed E-state index contributed by atoms with van der Waals surface area (Å²) in [5.41, 5.74) is 0. The van der Waals surface area contributed by atoms with Crippen LogP contribution in [0.25, 0.3) is 0 Å². The topological polar surface area (TPSA) is 126 Å². The second-order valence-electron chi connectivity index (χ2n) is 25.8. The van der Waals surface area contributed by atoms with Gasteiger partial charge in [0.2, 0.25) is 0 Å². The van der Waals surface area contributed by atoms with E-state index in [2.05, 4.69) is 55.4 Å². The van der Waals surface area contributed by atoms with Crippen LogP contribution in [0, 0.1) is 23.7 Å². The van der Waals surface area contributed by atoms with Crippen LogP contribution in [-0.4, -0.2) is 34.7 Å². The Hall–Kier alpha value is -1.21. The molecule has 0 atom stereocenters. The molecule has 0 heterocycles. The molecule has 0 amide bonds. The summed E-state index contributed by atoms with van der Waals surface area (Å²) in [5.74, 6) is 2.18. The summed E-state index contributed by atoms with van der Waals surface area (Å²) in [4.78, 5) is 40.7. The van der Waals surface area contributed by atoms with Gasteiger partial charge in [-0.2, -0.15) is 12.8 Å². The number of carboxylic acids is 2. The molecule has 0 spiro atoms. The third-order valence-electron chi connectivity index (χ3n) is 15.5. The summed E-state index contributed by atoms with van der Waals surface area (Å²) in [5, 5.41) is 17.0. The Morgan fingerprint density at radius 3 is 0.500 bits per heavy atom. The van der Waals surface area contributed by atoms with Gasteiger partial charge >= 0.3 is 35.7 Å². The number of hydrogen-bond donors (Lipinski definition) is 2. The van der Waals surface area contributed by atoms with E-state index in [0.717, 1.165) is 82.6 Å². The maximum absolute atomic E-state index is 10.3. The zero-order valence-electron chi connectivity index (χ0n) is 55.3. The molecule has 0 rings (SSSR count). The monoisotopic (exact) mass is 1170 g/mol. The minimum atomic E-state index is -0.654. The fraction of sp³-hybridized carbons (Fsp3) is 0.944. The summed E-state index contributed by atoms with van der Waals surface area (Å²) < 4.78 is 8.25. The summed E-state index contributed by atoms with van der Waals surface area (Å²) in [6, 6.07) is 0. The molecule has 0 aromatic carbocycles. The average molecular weight is 1170 g/mol. The van der Waals surface area contributed by atoms with Crippen LogP contribution >= 0.6 is 0 Å². The van der Waals surface area contributed by atoms with Crippen LogP contribution in [0.4, 0.5) is 0 Å². The van der Waals surface area contributed by atoms with Gasteiger partial charge in [-0.1, -0.05) is 376 Å². The second kappa shape index (κ2) is 82.0. The second-order valence-corrected chi connectivity index (χ2v) is 25.8. The predicted molar refractivity (Wildman–Crippen MR) is 345 cm³/mol. The molecule has 0 aliphatic rings. The van der Waals surface area contributed by atoms with E-state index in [1.165, 1.54) is 295 Å². The molecule has 2 N–H and O–H groups in total. The third-order valence-corrected chi connectivity index (χ3v) is 15.5. The van der Waals surface area contributed by atoms with Gasteiger partial charge in [-0.05, 0) is 36.5 Å². The van der Waals surface area contributed by atoms with Crippen LogP contribution in [0.2, 0.25) is 0 Å². The number of carbonyl (C=O) groups excluding carboxylic acids is 2. The minimum absolute atomic E-state index is 0.344. The number of carbonyl (C=O) groups is 2. The van der Waals surface area contributed by atoms with E-state index in [9.17, 15) is 19.2 Å². The number of carboxylic acid groups (broad SMARTS) is 2. The molecule has 0 aliphatic heterocycles. The zero-order valence-corrected chi connectivity index (χ0v) is 56.9. The molecule has 476 valence electrons. The molecule has 0 aromatic rings. The first-order valence-corrected chi connectivity index (χ1v) is 35.8. The fourth-order valence-corrected chi connectivity index (χ4v) is 10.2. The van der Waals surface area contributed by atoms with Crippen molar-refractivity contribution in [2.75, 3.05) is 0 Å². The van der Waals surface area contributed by atoms with Gasteiger partial charge in [0.15, 0.2) is 0 Å². The molecule has 7 nitrogen and oxygen atoms in total. The van der Waals surface area contributed by atoms with E-state index in [4.69, 9.17) is 13.5 Å². The van der Waals surface area contributed by atoms with Gasteiger partial charge in [-0.15, -0.1) is 0 Å². The zero-order chi connectivity index (χ0) is 60.5. The van der Waals surface area contributed by atoms with Crippen molar-refractivity contribution < 1.29 is 53.1 Å². The van der Waals surface area contributed by atoms with Crippen molar-refractivity contribution in [3.63, 3.8) is 0 Å². The summed E-state index contributed by atoms with van der Waals surface area (Å²) in [6.45, 7) is 18.5. The van der Waals surface area contributed by atoms with Crippen LogP contribution in [0.5, 0.6) is 0 Å². The van der Waals surface area contributed by atoms with Crippen LogP contribution in [0.15, 0.2) is 0 Å². The van der Waals surface area contributed by atoms with Crippen molar-refractivity contribution >= 4 is 24.5 Å². The molecular formula is C72H142O7Ti. The number of aliphatic carboxylic acids is 2. The molecule has 0 bridgehead atoms. The Bertz CT molecular complexity index is 1060. The van der Waals surface area contributed by atoms with Crippen molar-refractivity contribution in [2.24, 2.45) is 23.7 Å². The molecule has 0 radical (unpaired) electrons. The van der Waals surface area contributed by atoms with Crippen molar-refractivity contribution in [3.05, 3.63) is 0 Å². The molecule has 0 aliphatic carbocycles. The SMILES string of the molecule is CC(C)CCCCCCCCCCCCCCC(=O)O.CC(C)CCCCCCCCCCCCCCC(=O)O.CC(C)CCCCCCCCCCCCCC[C-]=O.CC(C)CCCCCCCCCCCCCC[C-]=O.[O]=[Ti+2]. The first kappa shape index (κ1) is 87.6. The molecule has 0 aromatic heterocycles. The van der Waals surface area contributed by atoms with Crippen molar-refractivity contribution in [2.45, 2.75) is 415 Å². The Morgan fingerprint density at radius 1 is 0.250 bits per heavy atom. The summed E-state index contributed by atoms with van der Waals surface area (Å²) >= 11 is 0.750. The first-order chi connectivity index (χ1) is 38.8. The van der Waals surface area contributed by atoms with Gasteiger partial charge in [0.25, 0.3) is 0 Å². The van der Waals surface area contributed by atoms with Crippen molar-refractivity contribution in [1.82, 2.24) is 0 Å². The maximum atomic E-state index is 10.3. The van der Waals surface area contributed by atoms with Crippen LogP contribution in [0.1, 0.15) is 415 Å². The third kappa shape index (κ3) is 105. The molecule has 8 heteroatoms. The Morgan fingerprint density at radius 2 is 0.375 bits per heavy atom. The fourth-order valence-electron chi connectivity index (χ4n) is 10.2. The standard InChI is InChI=1S/2C18H36O2.2C18H35O.O.Ti/c2*1-17(2)15-13-11-9-7-5-3-4-6-8-10-12-14-16-18(19)20;2*1-18(2)16-14-12-10-8-6-4-3-5-7-9-11-13-15-17-19;;/h2*17H,3-16H2,1-2H3,(H,19,20);2*18H,3-16H2,1-2H3;;/q;;2*-1;;+2. The van der Waals surface area contributed by atoms with Crippen molar-refractivity contribution in [3.8, 4) is 0 Å².